The summed E-state index contributed by atoms with van der Waals surface area (Å²) in [7, 11) is 1.59. The van der Waals surface area contributed by atoms with E-state index in [-0.39, 0.29) is 18.1 Å². The largest absolute Gasteiger partial charge is 0.486 e. The van der Waals surface area contributed by atoms with Gasteiger partial charge in [0.2, 0.25) is 5.88 Å². The molecule has 0 bridgehead atoms. The van der Waals surface area contributed by atoms with Gasteiger partial charge in [0, 0.05) is 58.9 Å². The maximum atomic E-state index is 14.2. The van der Waals surface area contributed by atoms with Crippen molar-refractivity contribution in [3.8, 4) is 22.8 Å². The van der Waals surface area contributed by atoms with Crippen LogP contribution in [0, 0.1) is 11.3 Å². The van der Waals surface area contributed by atoms with E-state index in [9.17, 15) is 14.7 Å². The van der Waals surface area contributed by atoms with Gasteiger partial charge in [0.1, 0.15) is 17.4 Å². The fraction of sp³-hybridized carbons (Fsp3) is 0.282. The Morgan fingerprint density at radius 1 is 1.00 bits per heavy atom. The number of carboxylic acids is 1. The van der Waals surface area contributed by atoms with Crippen LogP contribution in [0.25, 0.3) is 32.2 Å². The Morgan fingerprint density at radius 2 is 1.77 bits per heavy atom. The molecule has 1 aliphatic carbocycles. The molecule has 244 valence electrons. The number of carbonyl (C=O) groups is 2. The summed E-state index contributed by atoms with van der Waals surface area (Å²) in [6.45, 7) is 4.23. The number of ether oxygens (including phenoxy) is 2. The molecule has 0 saturated heterocycles. The molecule has 3 heterocycles. The summed E-state index contributed by atoms with van der Waals surface area (Å²) in [5.41, 5.74) is 5.14. The number of para-hydroxylation sites is 1. The van der Waals surface area contributed by atoms with E-state index in [0.29, 0.717) is 30.3 Å². The SMILES string of the molecule is COc1ccc(-c2ccc(Cn3c(CC(C)(C)C(=O)O)c(C(=O)C4CCC4)c4cc(OCc5nc6ccccc6s5)ccc43)cc2)cn1. The van der Waals surface area contributed by atoms with Crippen LogP contribution in [0.5, 0.6) is 11.6 Å². The van der Waals surface area contributed by atoms with Gasteiger partial charge in [0.25, 0.3) is 0 Å². The third kappa shape index (κ3) is 6.18. The molecule has 1 fully saturated rings. The number of aromatic nitrogens is 3. The van der Waals surface area contributed by atoms with E-state index in [0.717, 1.165) is 67.8 Å². The average Bonchev–Trinajstić information content (AvgIpc) is 3.61. The Hall–Kier alpha value is -5.02. The molecular weight excluding hydrogens is 623 g/mol. The van der Waals surface area contributed by atoms with Crippen molar-refractivity contribution in [3.05, 3.63) is 107 Å². The van der Waals surface area contributed by atoms with Gasteiger partial charge in [-0.3, -0.25) is 9.59 Å². The molecule has 9 heteroatoms. The van der Waals surface area contributed by atoms with Crippen LogP contribution in [-0.4, -0.2) is 38.5 Å². The second kappa shape index (κ2) is 12.9. The summed E-state index contributed by atoms with van der Waals surface area (Å²) >= 11 is 1.60. The van der Waals surface area contributed by atoms with E-state index in [1.54, 1.807) is 38.5 Å². The number of hydrogen-bond donors (Lipinski definition) is 1. The average molecular weight is 660 g/mol. The Balaban J connectivity index is 1.28. The molecule has 0 spiro atoms. The van der Waals surface area contributed by atoms with Crippen molar-refractivity contribution >= 4 is 44.2 Å². The summed E-state index contributed by atoms with van der Waals surface area (Å²) < 4.78 is 14.7. The number of benzene rings is 3. The second-order valence-corrected chi connectivity index (χ2v) is 14.2. The molecule has 1 saturated carbocycles. The molecule has 0 atom stereocenters. The van der Waals surface area contributed by atoms with Crippen molar-refractivity contribution in [3.63, 3.8) is 0 Å². The first kappa shape index (κ1) is 31.6. The minimum atomic E-state index is -1.09. The molecule has 3 aromatic heterocycles. The van der Waals surface area contributed by atoms with E-state index in [1.165, 1.54) is 0 Å². The molecule has 48 heavy (non-hydrogen) atoms. The number of nitrogens with zero attached hydrogens (tertiary/aromatic N) is 3. The quantitative estimate of drug-likeness (QED) is 0.131. The molecule has 1 aliphatic rings. The lowest BCUT2D eigenvalue weighted by atomic mass is 9.78. The molecule has 0 amide bonds. The zero-order valence-corrected chi connectivity index (χ0v) is 28.0. The molecule has 6 aromatic rings. The summed E-state index contributed by atoms with van der Waals surface area (Å²) in [6.07, 6.45) is 4.72. The predicted octanol–water partition coefficient (Wildman–Crippen LogP) is 8.59. The number of ketones is 1. The number of pyridine rings is 1. The summed E-state index contributed by atoms with van der Waals surface area (Å²) in [4.78, 5) is 35.6. The molecule has 0 radical (unpaired) electrons. The maximum Gasteiger partial charge on any atom is 0.309 e. The highest BCUT2D eigenvalue weighted by Crippen LogP contribution is 2.39. The van der Waals surface area contributed by atoms with Crippen LogP contribution in [0.3, 0.4) is 0 Å². The molecular formula is C39H37N3O5S. The monoisotopic (exact) mass is 659 g/mol. The highest BCUT2D eigenvalue weighted by molar-refractivity contribution is 7.18. The first-order valence-electron chi connectivity index (χ1n) is 16.2. The minimum Gasteiger partial charge on any atom is -0.486 e. The Labute approximate surface area is 283 Å². The number of carboxylic acid groups (broad SMARTS) is 1. The van der Waals surface area contributed by atoms with E-state index in [1.807, 2.05) is 54.6 Å². The van der Waals surface area contributed by atoms with Crippen LogP contribution in [0.15, 0.2) is 85.1 Å². The molecule has 8 nitrogen and oxygen atoms in total. The molecule has 3 aromatic carbocycles. The topological polar surface area (TPSA) is 104 Å². The van der Waals surface area contributed by atoms with E-state index >= 15 is 0 Å². The van der Waals surface area contributed by atoms with E-state index in [2.05, 4.69) is 33.8 Å². The highest BCUT2D eigenvalue weighted by Gasteiger charge is 2.36. The minimum absolute atomic E-state index is 0.0551. The maximum absolute atomic E-state index is 14.2. The summed E-state index contributed by atoms with van der Waals surface area (Å²) in [5, 5.41) is 11.8. The van der Waals surface area contributed by atoms with Crippen molar-refractivity contribution in [2.45, 2.75) is 52.7 Å². The Morgan fingerprint density at radius 3 is 2.44 bits per heavy atom. The smallest absolute Gasteiger partial charge is 0.309 e. The van der Waals surface area contributed by atoms with Crippen molar-refractivity contribution in [2.75, 3.05) is 7.11 Å². The first-order valence-corrected chi connectivity index (χ1v) is 17.0. The lowest BCUT2D eigenvalue weighted by Crippen LogP contribution is -2.29. The van der Waals surface area contributed by atoms with Crippen LogP contribution in [0.2, 0.25) is 0 Å². The van der Waals surface area contributed by atoms with E-state index < -0.39 is 11.4 Å². The molecule has 1 N–H and O–H groups in total. The lowest BCUT2D eigenvalue weighted by molar-refractivity contribution is -0.146. The van der Waals surface area contributed by atoms with Gasteiger partial charge in [-0.05, 0) is 74.2 Å². The number of methoxy groups -OCH3 is 1. The second-order valence-electron chi connectivity index (χ2n) is 13.1. The number of hydrogen-bond acceptors (Lipinski definition) is 7. The first-order chi connectivity index (χ1) is 23.2. The third-order valence-electron chi connectivity index (χ3n) is 9.33. The van der Waals surface area contributed by atoms with Gasteiger partial charge < -0.3 is 19.1 Å². The van der Waals surface area contributed by atoms with Gasteiger partial charge in [0.15, 0.2) is 5.78 Å². The summed E-state index contributed by atoms with van der Waals surface area (Å²) in [6, 6.07) is 25.9. The van der Waals surface area contributed by atoms with E-state index in [4.69, 9.17) is 14.5 Å². The number of Topliss-reactive ketones (excluding diaryl/α,β-unsaturated/α-hetero) is 1. The van der Waals surface area contributed by atoms with Crippen LogP contribution >= 0.6 is 11.3 Å². The fourth-order valence-electron chi connectivity index (χ4n) is 6.27. The molecule has 7 rings (SSSR count). The van der Waals surface area contributed by atoms with Crippen LogP contribution in [0.1, 0.15) is 59.7 Å². The van der Waals surface area contributed by atoms with Gasteiger partial charge in [-0.25, -0.2) is 9.97 Å². The number of carbonyl (C=O) groups excluding carboxylic acids is 1. The zero-order valence-electron chi connectivity index (χ0n) is 27.2. The Kier molecular flexibility index (Phi) is 8.47. The van der Waals surface area contributed by atoms with Crippen molar-refractivity contribution in [1.82, 2.24) is 14.5 Å². The van der Waals surface area contributed by atoms with Gasteiger partial charge in [0.05, 0.1) is 22.7 Å². The predicted molar refractivity (Wildman–Crippen MR) is 188 cm³/mol. The summed E-state index contributed by atoms with van der Waals surface area (Å²) in [5.74, 6) is 0.332. The van der Waals surface area contributed by atoms with Crippen molar-refractivity contribution < 1.29 is 24.2 Å². The highest BCUT2D eigenvalue weighted by atomic mass is 32.1. The van der Waals surface area contributed by atoms with Gasteiger partial charge >= 0.3 is 5.97 Å². The van der Waals surface area contributed by atoms with Crippen LogP contribution < -0.4 is 9.47 Å². The van der Waals surface area contributed by atoms with Crippen LogP contribution in [0.4, 0.5) is 0 Å². The lowest BCUT2D eigenvalue weighted by Gasteiger charge is -2.26. The molecule has 0 aliphatic heterocycles. The van der Waals surface area contributed by atoms with Gasteiger partial charge in [-0.2, -0.15) is 0 Å². The molecule has 0 unspecified atom stereocenters. The van der Waals surface area contributed by atoms with Crippen molar-refractivity contribution in [1.29, 1.82) is 0 Å². The standard InChI is InChI=1S/C39H37N3O5S/c1-39(2,38(44)45)20-32-36(37(43)26-7-6-8-26)29-19-28(47-23-35-41-30-9-4-5-10-33(30)48-35)16-17-31(29)42(32)22-24-11-13-25(14-12-24)27-15-18-34(46-3)40-21-27/h4-5,9-19,21,26H,6-8,20,22-23H2,1-3H3,(H,44,45). The zero-order chi connectivity index (χ0) is 33.4. The number of fused-ring (bicyclic) bond motifs is 2. The van der Waals surface area contributed by atoms with Crippen molar-refractivity contribution in [2.24, 2.45) is 11.3 Å². The number of rotatable bonds is 12. The fourth-order valence-corrected chi connectivity index (χ4v) is 7.15. The number of aliphatic carboxylic acids is 1. The third-order valence-corrected chi connectivity index (χ3v) is 10.3. The number of thiazole rings is 1. The van der Waals surface area contributed by atoms with Gasteiger partial charge in [-0.1, -0.05) is 42.8 Å². The van der Waals surface area contributed by atoms with Gasteiger partial charge in [-0.15, -0.1) is 11.3 Å². The Bertz CT molecular complexity index is 2090. The van der Waals surface area contributed by atoms with Crippen LogP contribution in [-0.2, 0) is 24.4 Å². The normalized spacial score (nSPS) is 13.5.